The van der Waals surface area contributed by atoms with Crippen molar-refractivity contribution in [1.82, 2.24) is 5.32 Å². The van der Waals surface area contributed by atoms with Crippen molar-refractivity contribution in [2.24, 2.45) is 5.73 Å². The molecule has 1 fully saturated rings. The molecule has 100 valence electrons. The summed E-state index contributed by atoms with van der Waals surface area (Å²) in [4.78, 5) is 0. The molecule has 0 bridgehead atoms. The van der Waals surface area contributed by atoms with Gasteiger partial charge in [0.2, 0.25) is 0 Å². The number of hydrogen-bond acceptors (Lipinski definition) is 3. The Morgan fingerprint density at radius 3 is 2.72 bits per heavy atom. The third kappa shape index (κ3) is 3.80. The zero-order valence-electron chi connectivity index (χ0n) is 11.1. The van der Waals surface area contributed by atoms with Crippen LogP contribution < -0.4 is 11.1 Å². The van der Waals surface area contributed by atoms with Crippen molar-refractivity contribution >= 4 is 0 Å². The summed E-state index contributed by atoms with van der Waals surface area (Å²) < 4.78 is 5.26. The van der Waals surface area contributed by atoms with Crippen LogP contribution in [-0.4, -0.2) is 25.8 Å². The Labute approximate surface area is 110 Å². The molecule has 0 aromatic heterocycles. The average Bonchev–Trinajstić information content (AvgIpc) is 2.37. The number of methoxy groups -OCH3 is 1. The highest BCUT2D eigenvalue weighted by Crippen LogP contribution is 2.22. The van der Waals surface area contributed by atoms with Crippen LogP contribution in [0.3, 0.4) is 0 Å². The molecule has 1 saturated carbocycles. The second-order valence-electron chi connectivity index (χ2n) is 5.14. The van der Waals surface area contributed by atoms with Gasteiger partial charge in [-0.25, -0.2) is 0 Å². The van der Waals surface area contributed by atoms with Gasteiger partial charge in [0.25, 0.3) is 0 Å². The zero-order valence-corrected chi connectivity index (χ0v) is 11.1. The van der Waals surface area contributed by atoms with Gasteiger partial charge < -0.3 is 15.8 Å². The van der Waals surface area contributed by atoms with Crippen molar-refractivity contribution in [3.05, 3.63) is 35.9 Å². The van der Waals surface area contributed by atoms with E-state index >= 15 is 0 Å². The minimum Gasteiger partial charge on any atom is -0.381 e. The van der Waals surface area contributed by atoms with Gasteiger partial charge in [-0.3, -0.25) is 0 Å². The van der Waals surface area contributed by atoms with E-state index in [0.717, 1.165) is 32.2 Å². The van der Waals surface area contributed by atoms with E-state index in [9.17, 15) is 0 Å². The molecule has 2 rings (SSSR count). The normalized spacial score (nSPS) is 24.6. The van der Waals surface area contributed by atoms with Crippen LogP contribution >= 0.6 is 0 Å². The van der Waals surface area contributed by atoms with Crippen LogP contribution in [0.25, 0.3) is 0 Å². The molecule has 1 aromatic rings. The van der Waals surface area contributed by atoms with Crippen LogP contribution in [0, 0.1) is 0 Å². The monoisotopic (exact) mass is 248 g/mol. The highest BCUT2D eigenvalue weighted by atomic mass is 16.5. The van der Waals surface area contributed by atoms with E-state index in [1.54, 1.807) is 7.11 Å². The molecule has 0 amide bonds. The highest BCUT2D eigenvalue weighted by Gasteiger charge is 2.27. The van der Waals surface area contributed by atoms with Gasteiger partial charge in [-0.1, -0.05) is 30.3 Å². The molecule has 3 heteroatoms. The molecule has 0 aliphatic heterocycles. The fourth-order valence-electron chi connectivity index (χ4n) is 2.42. The molecule has 1 atom stereocenters. The van der Waals surface area contributed by atoms with Gasteiger partial charge in [-0.2, -0.15) is 0 Å². The van der Waals surface area contributed by atoms with Gasteiger partial charge >= 0.3 is 0 Å². The lowest BCUT2D eigenvalue weighted by molar-refractivity contribution is 0.0175. The van der Waals surface area contributed by atoms with Crippen molar-refractivity contribution in [3.63, 3.8) is 0 Å². The summed E-state index contributed by atoms with van der Waals surface area (Å²) in [7, 11) is 1.79. The number of hydrogen-bond donors (Lipinski definition) is 2. The molecule has 1 aliphatic carbocycles. The standard InChI is InChI=1S/C15H24N2O/c1-18-14-10-13(11-14)17-9-5-8-15(16)12-6-3-2-4-7-12/h2-4,6-7,13-15,17H,5,8-11,16H2,1H3. The Kier molecular flexibility index (Phi) is 5.17. The zero-order chi connectivity index (χ0) is 12.8. The second-order valence-corrected chi connectivity index (χ2v) is 5.14. The molecular formula is C15H24N2O. The molecule has 1 aromatic carbocycles. The molecule has 1 aliphatic rings. The minimum atomic E-state index is 0.168. The van der Waals surface area contributed by atoms with Gasteiger partial charge in [0, 0.05) is 19.2 Å². The summed E-state index contributed by atoms with van der Waals surface area (Å²) in [6, 6.07) is 11.2. The molecular weight excluding hydrogens is 224 g/mol. The van der Waals surface area contributed by atoms with Crippen molar-refractivity contribution in [2.75, 3.05) is 13.7 Å². The number of nitrogens with two attached hydrogens (primary N) is 1. The van der Waals surface area contributed by atoms with Gasteiger partial charge in [0.15, 0.2) is 0 Å². The largest absolute Gasteiger partial charge is 0.381 e. The molecule has 0 heterocycles. The molecule has 3 nitrogen and oxygen atoms in total. The van der Waals surface area contributed by atoms with Gasteiger partial charge in [-0.15, -0.1) is 0 Å². The van der Waals surface area contributed by atoms with Crippen LogP contribution in [0.1, 0.15) is 37.3 Å². The highest BCUT2D eigenvalue weighted by molar-refractivity contribution is 5.18. The Bertz CT molecular complexity index is 336. The quantitative estimate of drug-likeness (QED) is 0.727. The Hall–Kier alpha value is -0.900. The average molecular weight is 248 g/mol. The van der Waals surface area contributed by atoms with Crippen LogP contribution in [0.2, 0.25) is 0 Å². The number of benzene rings is 1. The van der Waals surface area contributed by atoms with Crippen LogP contribution in [-0.2, 0) is 4.74 Å². The Morgan fingerprint density at radius 1 is 1.33 bits per heavy atom. The summed E-state index contributed by atoms with van der Waals surface area (Å²) in [6.07, 6.45) is 4.96. The molecule has 18 heavy (non-hydrogen) atoms. The topological polar surface area (TPSA) is 47.3 Å². The maximum Gasteiger partial charge on any atom is 0.0601 e. The molecule has 0 saturated heterocycles. The first-order chi connectivity index (χ1) is 8.79. The third-order valence-electron chi connectivity index (χ3n) is 3.78. The van der Waals surface area contributed by atoms with Crippen molar-refractivity contribution < 1.29 is 4.74 Å². The molecule has 3 N–H and O–H groups in total. The first-order valence-corrected chi connectivity index (χ1v) is 6.86. The van der Waals surface area contributed by atoms with Crippen molar-refractivity contribution in [2.45, 2.75) is 43.9 Å². The van der Waals surface area contributed by atoms with E-state index in [4.69, 9.17) is 10.5 Å². The van der Waals surface area contributed by atoms with Crippen LogP contribution in [0.4, 0.5) is 0 Å². The minimum absolute atomic E-state index is 0.168. The summed E-state index contributed by atoms with van der Waals surface area (Å²) in [6.45, 7) is 1.06. The first kappa shape index (κ1) is 13.5. The lowest BCUT2D eigenvalue weighted by atomic mass is 9.89. The lowest BCUT2D eigenvalue weighted by Crippen LogP contribution is -2.45. The molecule has 1 unspecified atom stereocenters. The van der Waals surface area contributed by atoms with E-state index in [0.29, 0.717) is 12.1 Å². The van der Waals surface area contributed by atoms with E-state index in [2.05, 4.69) is 17.4 Å². The molecule has 0 radical (unpaired) electrons. The van der Waals surface area contributed by atoms with Crippen molar-refractivity contribution in [3.8, 4) is 0 Å². The Morgan fingerprint density at radius 2 is 2.06 bits per heavy atom. The summed E-state index contributed by atoms with van der Waals surface area (Å²) in [5.41, 5.74) is 7.39. The van der Waals surface area contributed by atoms with Crippen LogP contribution in [0.15, 0.2) is 30.3 Å². The van der Waals surface area contributed by atoms with Crippen molar-refractivity contribution in [1.29, 1.82) is 0 Å². The maximum absolute atomic E-state index is 6.15. The first-order valence-electron chi connectivity index (χ1n) is 6.86. The third-order valence-corrected chi connectivity index (χ3v) is 3.78. The van der Waals surface area contributed by atoms with Gasteiger partial charge in [0.05, 0.1) is 6.10 Å². The number of rotatable bonds is 7. The van der Waals surface area contributed by atoms with E-state index in [1.165, 1.54) is 5.56 Å². The Balaban J connectivity index is 1.56. The fourth-order valence-corrected chi connectivity index (χ4v) is 2.42. The lowest BCUT2D eigenvalue weighted by Gasteiger charge is -2.34. The predicted molar refractivity (Wildman–Crippen MR) is 74.4 cm³/mol. The van der Waals surface area contributed by atoms with E-state index in [-0.39, 0.29) is 6.04 Å². The van der Waals surface area contributed by atoms with Crippen LogP contribution in [0.5, 0.6) is 0 Å². The predicted octanol–water partition coefficient (Wildman–Crippen LogP) is 2.23. The fraction of sp³-hybridized carbons (Fsp3) is 0.600. The van der Waals surface area contributed by atoms with Gasteiger partial charge in [-0.05, 0) is 37.8 Å². The summed E-state index contributed by atoms with van der Waals surface area (Å²) in [5.74, 6) is 0. The summed E-state index contributed by atoms with van der Waals surface area (Å²) in [5, 5.41) is 3.55. The SMILES string of the molecule is COC1CC(NCCCC(N)c2ccccc2)C1. The van der Waals surface area contributed by atoms with E-state index < -0.39 is 0 Å². The number of nitrogens with one attached hydrogen (secondary N) is 1. The maximum atomic E-state index is 6.15. The molecule has 0 spiro atoms. The smallest absolute Gasteiger partial charge is 0.0601 e. The summed E-state index contributed by atoms with van der Waals surface area (Å²) >= 11 is 0. The number of ether oxygens (including phenoxy) is 1. The second kappa shape index (κ2) is 6.88. The van der Waals surface area contributed by atoms with Gasteiger partial charge in [0.1, 0.15) is 0 Å². The van der Waals surface area contributed by atoms with E-state index in [1.807, 2.05) is 18.2 Å².